The van der Waals surface area contributed by atoms with Crippen molar-refractivity contribution in [3.05, 3.63) is 277 Å². The van der Waals surface area contributed by atoms with Gasteiger partial charge in [0.15, 0.2) is 0 Å². The van der Waals surface area contributed by atoms with Crippen LogP contribution in [0.3, 0.4) is 0 Å². The number of anilines is 6. The molecule has 0 fully saturated rings. The van der Waals surface area contributed by atoms with Crippen LogP contribution in [0.25, 0.3) is 54.9 Å². The van der Waals surface area contributed by atoms with Crippen molar-refractivity contribution in [2.24, 2.45) is 0 Å². The van der Waals surface area contributed by atoms with Gasteiger partial charge in [-0.1, -0.05) is 194 Å². The molecule has 304 valence electrons. The van der Waals surface area contributed by atoms with Gasteiger partial charge in [0.2, 0.25) is 0 Å². The zero-order valence-electron chi connectivity index (χ0n) is 35.6. The summed E-state index contributed by atoms with van der Waals surface area (Å²) in [6.45, 7) is 0. The molecule has 2 heteroatoms. The smallest absolute Gasteiger partial charge is 0.0754 e. The fourth-order valence-corrected chi connectivity index (χ4v) is 11.0. The average Bonchev–Trinajstić information content (AvgIpc) is 3.67. The van der Waals surface area contributed by atoms with Crippen molar-refractivity contribution in [1.29, 1.82) is 0 Å². The van der Waals surface area contributed by atoms with Crippen LogP contribution in [0.5, 0.6) is 0 Å². The van der Waals surface area contributed by atoms with Gasteiger partial charge < -0.3 is 9.80 Å². The lowest BCUT2D eigenvalue weighted by Crippen LogP contribution is -2.36. The third kappa shape index (κ3) is 5.67. The Morgan fingerprint density at radius 1 is 0.308 bits per heavy atom. The molecule has 0 saturated heterocycles. The molecule has 1 heterocycles. The van der Waals surface area contributed by atoms with Crippen LogP contribution in [0.1, 0.15) is 22.3 Å². The third-order valence-corrected chi connectivity index (χ3v) is 13.8. The Hall–Kier alpha value is -8.46. The van der Waals surface area contributed by atoms with Crippen LogP contribution in [0, 0.1) is 0 Å². The number of nitrogens with zero attached hydrogens (tertiary/aromatic N) is 2. The van der Waals surface area contributed by atoms with E-state index in [0.29, 0.717) is 0 Å². The predicted molar refractivity (Wildman–Crippen MR) is 273 cm³/mol. The number of hydrogen-bond acceptors (Lipinski definition) is 2. The zero-order valence-corrected chi connectivity index (χ0v) is 35.6. The Morgan fingerprint density at radius 2 is 0.738 bits per heavy atom. The molecule has 0 N–H and O–H groups in total. The highest BCUT2D eigenvalue weighted by Gasteiger charge is 2.52. The van der Waals surface area contributed by atoms with Crippen LogP contribution in [-0.2, 0) is 5.41 Å². The minimum atomic E-state index is -0.580. The van der Waals surface area contributed by atoms with Gasteiger partial charge in [0.25, 0.3) is 0 Å². The van der Waals surface area contributed by atoms with E-state index in [2.05, 4.69) is 265 Å². The molecule has 13 rings (SSSR count). The van der Waals surface area contributed by atoms with E-state index in [0.717, 1.165) is 22.7 Å². The summed E-state index contributed by atoms with van der Waals surface area (Å²) in [6, 6.07) is 94.0. The zero-order chi connectivity index (χ0) is 42.9. The Labute approximate surface area is 379 Å². The molecule has 11 aromatic rings. The minimum Gasteiger partial charge on any atom is -0.310 e. The monoisotopic (exact) mass is 826 g/mol. The summed E-state index contributed by atoms with van der Waals surface area (Å²) < 4.78 is 0. The van der Waals surface area contributed by atoms with Gasteiger partial charge in [0, 0.05) is 22.1 Å². The second-order valence-corrected chi connectivity index (χ2v) is 17.2. The predicted octanol–water partition coefficient (Wildman–Crippen LogP) is 16.9. The van der Waals surface area contributed by atoms with E-state index in [1.165, 1.54) is 88.6 Å². The van der Waals surface area contributed by atoms with Crippen LogP contribution in [0.15, 0.2) is 255 Å². The lowest BCUT2D eigenvalue weighted by atomic mass is 9.64. The first-order valence-corrected chi connectivity index (χ1v) is 22.5. The van der Waals surface area contributed by atoms with E-state index in [1.54, 1.807) is 0 Å². The fraction of sp³-hybridized carbons (Fsp3) is 0.0159. The molecular formula is C63H42N2. The number of rotatable bonds is 6. The lowest BCUT2D eigenvalue weighted by Gasteiger charge is -2.45. The highest BCUT2D eigenvalue weighted by Crippen LogP contribution is 2.64. The van der Waals surface area contributed by atoms with Crippen molar-refractivity contribution in [1.82, 2.24) is 0 Å². The standard InChI is InChI=1S/C63H42N2/c1-3-17-43(18-4-1)47-33-39-53-54-40-34-48(44-19-5-2-6-20-44)42-58(54)63(57(53)41-47)55-27-11-13-29-61(55)65(62-30-14-12-28-56(62)63)50-37-35-49(36-38-50)64(59-31-15-23-45-21-7-9-25-51(45)59)60-32-16-24-46-22-8-10-26-52(46)60/h1-42H. The van der Waals surface area contributed by atoms with Gasteiger partial charge in [-0.3, -0.25) is 0 Å². The largest absolute Gasteiger partial charge is 0.310 e. The minimum absolute atomic E-state index is 0.580. The molecule has 0 amide bonds. The van der Waals surface area contributed by atoms with Crippen molar-refractivity contribution < 1.29 is 0 Å². The van der Waals surface area contributed by atoms with Gasteiger partial charge in [0.05, 0.1) is 28.2 Å². The molecule has 0 radical (unpaired) electrons. The van der Waals surface area contributed by atoms with Crippen molar-refractivity contribution in [3.63, 3.8) is 0 Å². The van der Waals surface area contributed by atoms with Gasteiger partial charge in [0.1, 0.15) is 0 Å². The molecule has 2 nitrogen and oxygen atoms in total. The maximum absolute atomic E-state index is 2.49. The average molecular weight is 827 g/mol. The molecule has 1 aliphatic carbocycles. The lowest BCUT2D eigenvalue weighted by molar-refractivity contribution is 0.753. The molecule has 65 heavy (non-hydrogen) atoms. The van der Waals surface area contributed by atoms with Gasteiger partial charge in [-0.2, -0.15) is 0 Å². The van der Waals surface area contributed by atoms with Crippen LogP contribution in [0.2, 0.25) is 0 Å². The summed E-state index contributed by atoms with van der Waals surface area (Å²) in [5.41, 5.74) is 18.9. The van der Waals surface area contributed by atoms with Crippen LogP contribution >= 0.6 is 0 Å². The number of fused-ring (bicyclic) bond motifs is 11. The van der Waals surface area contributed by atoms with Gasteiger partial charge in [-0.25, -0.2) is 0 Å². The first-order valence-electron chi connectivity index (χ1n) is 22.5. The van der Waals surface area contributed by atoms with E-state index in [1.807, 2.05) is 0 Å². The second kappa shape index (κ2) is 14.8. The Balaban J connectivity index is 1.02. The van der Waals surface area contributed by atoms with Crippen molar-refractivity contribution >= 4 is 55.7 Å². The Bertz CT molecular complexity index is 3380. The Morgan fingerprint density at radius 3 is 1.25 bits per heavy atom. The summed E-state index contributed by atoms with van der Waals surface area (Å²) in [5.74, 6) is 0. The highest BCUT2D eigenvalue weighted by molar-refractivity contribution is 6.05. The molecule has 1 aliphatic heterocycles. The molecule has 0 saturated carbocycles. The molecule has 0 unspecified atom stereocenters. The summed E-state index contributed by atoms with van der Waals surface area (Å²) >= 11 is 0. The van der Waals surface area contributed by atoms with E-state index in [9.17, 15) is 0 Å². The van der Waals surface area contributed by atoms with Crippen LogP contribution in [-0.4, -0.2) is 0 Å². The maximum atomic E-state index is 2.49. The molecule has 1 spiro atoms. The maximum Gasteiger partial charge on any atom is 0.0754 e. The van der Waals surface area contributed by atoms with Gasteiger partial charge in [-0.05, 0) is 127 Å². The number of hydrogen-bond donors (Lipinski definition) is 0. The van der Waals surface area contributed by atoms with E-state index < -0.39 is 5.41 Å². The van der Waals surface area contributed by atoms with Gasteiger partial charge in [-0.15, -0.1) is 0 Å². The summed E-state index contributed by atoms with van der Waals surface area (Å²) in [5, 5.41) is 4.84. The Kier molecular flexibility index (Phi) is 8.47. The molecule has 0 atom stereocenters. The second-order valence-electron chi connectivity index (χ2n) is 17.2. The first-order chi connectivity index (χ1) is 32.3. The molecule has 11 aromatic carbocycles. The quantitative estimate of drug-likeness (QED) is 0.165. The molecular weight excluding hydrogens is 785 g/mol. The summed E-state index contributed by atoms with van der Waals surface area (Å²) in [7, 11) is 0. The van der Waals surface area contributed by atoms with E-state index >= 15 is 0 Å². The third-order valence-electron chi connectivity index (χ3n) is 13.8. The van der Waals surface area contributed by atoms with Crippen molar-refractivity contribution in [2.45, 2.75) is 5.41 Å². The van der Waals surface area contributed by atoms with Gasteiger partial charge >= 0.3 is 0 Å². The van der Waals surface area contributed by atoms with E-state index in [4.69, 9.17) is 0 Å². The first kappa shape index (κ1) is 37.1. The molecule has 0 aromatic heterocycles. The molecule has 2 aliphatic rings. The van der Waals surface area contributed by atoms with Crippen LogP contribution in [0.4, 0.5) is 34.1 Å². The fourth-order valence-electron chi connectivity index (χ4n) is 11.0. The highest BCUT2D eigenvalue weighted by atomic mass is 15.2. The van der Waals surface area contributed by atoms with Crippen molar-refractivity contribution in [3.8, 4) is 33.4 Å². The van der Waals surface area contributed by atoms with E-state index in [-0.39, 0.29) is 0 Å². The summed E-state index contributed by atoms with van der Waals surface area (Å²) in [6.07, 6.45) is 0. The SMILES string of the molecule is c1ccc(-c2ccc3c(c2)C2(c4cc(-c5ccccc5)ccc4-3)c3ccccc3N(c3ccc(N(c4cccc5ccccc45)c4cccc5ccccc45)cc3)c3ccccc32)cc1. The van der Waals surface area contributed by atoms with Crippen LogP contribution < -0.4 is 9.80 Å². The normalized spacial score (nSPS) is 13.0. The number of benzene rings is 11. The number of para-hydroxylation sites is 2. The topological polar surface area (TPSA) is 6.48 Å². The summed E-state index contributed by atoms with van der Waals surface area (Å²) in [4.78, 5) is 4.92. The van der Waals surface area contributed by atoms with Crippen molar-refractivity contribution in [2.75, 3.05) is 9.80 Å². The molecule has 0 bridgehead atoms.